The lowest BCUT2D eigenvalue weighted by Gasteiger charge is -2.14. The highest BCUT2D eigenvalue weighted by molar-refractivity contribution is 9.10. The van der Waals surface area contributed by atoms with E-state index in [1.165, 1.54) is 7.11 Å². The van der Waals surface area contributed by atoms with Crippen molar-refractivity contribution in [3.63, 3.8) is 0 Å². The number of benzene rings is 1. The molecule has 0 aliphatic rings. The summed E-state index contributed by atoms with van der Waals surface area (Å²) in [4.78, 5) is 23.3. The number of nitrogens with one attached hydrogen (secondary N) is 1. The van der Waals surface area contributed by atoms with E-state index >= 15 is 0 Å². The third kappa shape index (κ3) is 3.56. The van der Waals surface area contributed by atoms with E-state index in [0.717, 1.165) is 0 Å². The molecule has 1 rings (SSSR count). The Kier molecular flexibility index (Phi) is 5.15. The highest BCUT2D eigenvalue weighted by Crippen LogP contribution is 2.15. The lowest BCUT2D eigenvalue weighted by Crippen LogP contribution is -2.41. The van der Waals surface area contributed by atoms with Crippen LogP contribution in [0.1, 0.15) is 23.7 Å². The van der Waals surface area contributed by atoms with Gasteiger partial charge >= 0.3 is 5.97 Å². The van der Waals surface area contributed by atoms with Gasteiger partial charge in [-0.1, -0.05) is 19.1 Å². The van der Waals surface area contributed by atoms with Crippen LogP contribution in [-0.2, 0) is 9.53 Å². The van der Waals surface area contributed by atoms with Gasteiger partial charge in [-0.15, -0.1) is 0 Å². The normalized spacial score (nSPS) is 11.7. The summed E-state index contributed by atoms with van der Waals surface area (Å²) in [5.41, 5.74) is 0.495. The summed E-state index contributed by atoms with van der Waals surface area (Å²) in [6.45, 7) is 1.81. The number of methoxy groups -OCH3 is 1. The standard InChI is InChI=1S/C12H14BrNO3/c1-3-10(12(16)17-2)14-11(15)8-6-4-5-7-9(8)13/h4-7,10H,3H2,1-2H3,(H,14,15). The number of halogens is 1. The predicted octanol–water partition coefficient (Wildman–Crippen LogP) is 2.13. The molecular weight excluding hydrogens is 286 g/mol. The van der Waals surface area contributed by atoms with Gasteiger partial charge in [-0.25, -0.2) is 4.79 Å². The molecule has 0 spiro atoms. The van der Waals surface area contributed by atoms with Crippen LogP contribution in [-0.4, -0.2) is 25.0 Å². The lowest BCUT2D eigenvalue weighted by atomic mass is 10.1. The molecule has 0 bridgehead atoms. The predicted molar refractivity (Wildman–Crippen MR) is 67.7 cm³/mol. The lowest BCUT2D eigenvalue weighted by molar-refractivity contribution is -0.142. The van der Waals surface area contributed by atoms with E-state index in [1.807, 2.05) is 13.0 Å². The number of rotatable bonds is 4. The molecule has 0 saturated carbocycles. The molecule has 0 radical (unpaired) electrons. The number of carbonyl (C=O) groups is 2. The van der Waals surface area contributed by atoms with Gasteiger partial charge in [-0.2, -0.15) is 0 Å². The first-order chi connectivity index (χ1) is 8.10. The second-order valence-electron chi connectivity index (χ2n) is 3.44. The minimum absolute atomic E-state index is 0.297. The molecule has 0 aliphatic carbocycles. The number of esters is 1. The maximum absolute atomic E-state index is 11.9. The van der Waals surface area contributed by atoms with Crippen LogP contribution >= 0.6 is 15.9 Å². The Hall–Kier alpha value is -1.36. The van der Waals surface area contributed by atoms with E-state index in [4.69, 9.17) is 0 Å². The molecule has 1 atom stereocenters. The maximum atomic E-state index is 11.9. The summed E-state index contributed by atoms with van der Waals surface area (Å²) >= 11 is 3.29. The zero-order valence-corrected chi connectivity index (χ0v) is 11.3. The average Bonchev–Trinajstić information content (AvgIpc) is 2.35. The summed E-state index contributed by atoms with van der Waals surface area (Å²) in [5, 5.41) is 2.63. The summed E-state index contributed by atoms with van der Waals surface area (Å²) < 4.78 is 5.30. The van der Waals surface area contributed by atoms with Gasteiger partial charge in [0.1, 0.15) is 6.04 Å². The number of hydrogen-bond acceptors (Lipinski definition) is 3. The SMILES string of the molecule is CCC(NC(=O)c1ccccc1Br)C(=O)OC. The van der Waals surface area contributed by atoms with Crippen LogP contribution in [0.2, 0.25) is 0 Å². The average molecular weight is 300 g/mol. The smallest absolute Gasteiger partial charge is 0.328 e. The van der Waals surface area contributed by atoms with Crippen molar-refractivity contribution in [2.75, 3.05) is 7.11 Å². The Morgan fingerprint density at radius 1 is 1.41 bits per heavy atom. The van der Waals surface area contributed by atoms with E-state index < -0.39 is 12.0 Å². The third-order valence-corrected chi connectivity index (χ3v) is 3.01. The van der Waals surface area contributed by atoms with Crippen molar-refractivity contribution >= 4 is 27.8 Å². The van der Waals surface area contributed by atoms with Crippen molar-refractivity contribution in [1.29, 1.82) is 0 Å². The largest absolute Gasteiger partial charge is 0.467 e. The van der Waals surface area contributed by atoms with E-state index in [-0.39, 0.29) is 5.91 Å². The first-order valence-electron chi connectivity index (χ1n) is 5.23. The fourth-order valence-electron chi connectivity index (χ4n) is 1.35. The Balaban J connectivity index is 2.78. The molecule has 0 aliphatic heterocycles. The van der Waals surface area contributed by atoms with E-state index in [1.54, 1.807) is 18.2 Å². The van der Waals surface area contributed by atoms with Crippen molar-refractivity contribution in [3.8, 4) is 0 Å². The second kappa shape index (κ2) is 6.39. The fraction of sp³-hybridized carbons (Fsp3) is 0.333. The molecule has 1 aromatic carbocycles. The Morgan fingerprint density at radius 2 is 2.06 bits per heavy atom. The molecule has 0 saturated heterocycles. The van der Waals surface area contributed by atoms with Crippen molar-refractivity contribution in [2.45, 2.75) is 19.4 Å². The molecule has 1 N–H and O–H groups in total. The van der Waals surface area contributed by atoms with Gasteiger partial charge in [0.25, 0.3) is 5.91 Å². The molecule has 1 amide bonds. The fourth-order valence-corrected chi connectivity index (χ4v) is 1.82. The Bertz CT molecular complexity index is 420. The van der Waals surface area contributed by atoms with Gasteiger partial charge in [0.2, 0.25) is 0 Å². The number of amides is 1. The van der Waals surface area contributed by atoms with Crippen LogP contribution in [0, 0.1) is 0 Å². The minimum Gasteiger partial charge on any atom is -0.467 e. The van der Waals surface area contributed by atoms with Crippen LogP contribution in [0.25, 0.3) is 0 Å². The van der Waals surface area contributed by atoms with Crippen LogP contribution in [0.15, 0.2) is 28.7 Å². The molecule has 92 valence electrons. The summed E-state index contributed by atoms with van der Waals surface area (Å²) in [7, 11) is 1.30. The quantitative estimate of drug-likeness (QED) is 0.867. The Morgan fingerprint density at radius 3 is 2.59 bits per heavy atom. The molecule has 1 unspecified atom stereocenters. The van der Waals surface area contributed by atoms with Crippen LogP contribution in [0.3, 0.4) is 0 Å². The molecular formula is C12H14BrNO3. The van der Waals surface area contributed by atoms with Gasteiger partial charge in [0, 0.05) is 4.47 Å². The zero-order chi connectivity index (χ0) is 12.8. The maximum Gasteiger partial charge on any atom is 0.328 e. The highest BCUT2D eigenvalue weighted by Gasteiger charge is 2.20. The van der Waals surface area contributed by atoms with Gasteiger partial charge in [-0.3, -0.25) is 4.79 Å². The topological polar surface area (TPSA) is 55.4 Å². The van der Waals surface area contributed by atoms with E-state index in [0.29, 0.717) is 16.5 Å². The van der Waals surface area contributed by atoms with Crippen LogP contribution in [0.5, 0.6) is 0 Å². The molecule has 0 fully saturated rings. The molecule has 17 heavy (non-hydrogen) atoms. The first kappa shape index (κ1) is 13.7. The number of carbonyl (C=O) groups excluding carboxylic acids is 2. The van der Waals surface area contributed by atoms with Crippen molar-refractivity contribution in [1.82, 2.24) is 5.32 Å². The van der Waals surface area contributed by atoms with Crippen molar-refractivity contribution in [2.24, 2.45) is 0 Å². The minimum atomic E-state index is -0.611. The van der Waals surface area contributed by atoms with Crippen LogP contribution in [0.4, 0.5) is 0 Å². The van der Waals surface area contributed by atoms with Gasteiger partial charge < -0.3 is 10.1 Å². The number of hydrogen-bond donors (Lipinski definition) is 1. The third-order valence-electron chi connectivity index (χ3n) is 2.32. The number of ether oxygens (including phenoxy) is 1. The van der Waals surface area contributed by atoms with Crippen LogP contribution < -0.4 is 5.32 Å². The second-order valence-corrected chi connectivity index (χ2v) is 4.29. The molecule has 4 nitrogen and oxygen atoms in total. The zero-order valence-electron chi connectivity index (χ0n) is 9.70. The highest BCUT2D eigenvalue weighted by atomic mass is 79.9. The summed E-state index contributed by atoms with van der Waals surface area (Å²) in [6.07, 6.45) is 0.489. The molecule has 5 heteroatoms. The monoisotopic (exact) mass is 299 g/mol. The van der Waals surface area contributed by atoms with Crippen molar-refractivity contribution < 1.29 is 14.3 Å². The van der Waals surface area contributed by atoms with Crippen molar-refractivity contribution in [3.05, 3.63) is 34.3 Å². The summed E-state index contributed by atoms with van der Waals surface area (Å²) in [6, 6.07) is 6.42. The van der Waals surface area contributed by atoms with E-state index in [2.05, 4.69) is 26.0 Å². The molecule has 1 aromatic rings. The first-order valence-corrected chi connectivity index (χ1v) is 6.02. The van der Waals surface area contributed by atoms with Gasteiger partial charge in [0.15, 0.2) is 0 Å². The van der Waals surface area contributed by atoms with Gasteiger partial charge in [-0.05, 0) is 34.5 Å². The molecule has 0 aromatic heterocycles. The molecule has 0 heterocycles. The Labute approximate surface area is 108 Å². The summed E-state index contributed by atoms with van der Waals surface area (Å²) in [5.74, 6) is -0.734. The van der Waals surface area contributed by atoms with E-state index in [9.17, 15) is 9.59 Å². The van der Waals surface area contributed by atoms with Gasteiger partial charge in [0.05, 0.1) is 12.7 Å².